The van der Waals surface area contributed by atoms with E-state index in [1.807, 2.05) is 0 Å². The Morgan fingerprint density at radius 1 is 1.05 bits per heavy atom. The number of phenols is 2. The zero-order chi connectivity index (χ0) is 15.5. The van der Waals surface area contributed by atoms with Crippen molar-refractivity contribution in [2.75, 3.05) is 7.05 Å². The number of aromatic hydroxyl groups is 2. The number of hydrogen-bond donors (Lipinski definition) is 2. The van der Waals surface area contributed by atoms with Crippen LogP contribution in [0.3, 0.4) is 0 Å². The average Bonchev–Trinajstić information content (AvgIpc) is 2.49. The standard InChI is InChI=1S/C14H14N2O4S/c1-16(21(19,20)12-7-3-2-4-8-12)15-10-11-6-5-9-13(17)14(11)18/h2-10,17-18H,1H3. The molecule has 0 unspecified atom stereocenters. The predicted octanol–water partition coefficient (Wildman–Crippen LogP) is 1.75. The molecule has 21 heavy (non-hydrogen) atoms. The van der Waals surface area contributed by atoms with Crippen molar-refractivity contribution >= 4 is 16.2 Å². The molecule has 0 atom stereocenters. The van der Waals surface area contributed by atoms with Gasteiger partial charge in [0.15, 0.2) is 11.5 Å². The summed E-state index contributed by atoms with van der Waals surface area (Å²) in [6, 6.07) is 12.2. The summed E-state index contributed by atoms with van der Waals surface area (Å²) in [5.74, 6) is -0.653. The fourth-order valence-electron chi connectivity index (χ4n) is 1.60. The third-order valence-electron chi connectivity index (χ3n) is 2.79. The Labute approximate surface area is 122 Å². The van der Waals surface area contributed by atoms with Gasteiger partial charge in [0.25, 0.3) is 10.0 Å². The Bertz CT molecular complexity index is 758. The van der Waals surface area contributed by atoms with Gasteiger partial charge in [-0.05, 0) is 24.3 Å². The fourth-order valence-corrected chi connectivity index (χ4v) is 2.58. The maximum atomic E-state index is 12.2. The summed E-state index contributed by atoms with van der Waals surface area (Å²) in [6.07, 6.45) is 1.16. The summed E-state index contributed by atoms with van der Waals surface area (Å²) in [7, 11) is -2.45. The highest BCUT2D eigenvalue weighted by Crippen LogP contribution is 2.27. The van der Waals surface area contributed by atoms with E-state index < -0.39 is 10.0 Å². The number of rotatable bonds is 4. The van der Waals surface area contributed by atoms with Crippen LogP contribution in [0.25, 0.3) is 0 Å². The number of phenolic OH excluding ortho intramolecular Hbond substituents is 2. The van der Waals surface area contributed by atoms with Crippen LogP contribution in [0, 0.1) is 0 Å². The van der Waals surface area contributed by atoms with Crippen molar-refractivity contribution in [1.29, 1.82) is 0 Å². The first kappa shape index (κ1) is 14.9. The first-order valence-corrected chi connectivity index (χ1v) is 7.46. The van der Waals surface area contributed by atoms with Gasteiger partial charge in [-0.2, -0.15) is 17.9 Å². The molecule has 0 radical (unpaired) electrons. The second-order valence-electron chi connectivity index (χ2n) is 4.21. The van der Waals surface area contributed by atoms with Gasteiger partial charge in [-0.3, -0.25) is 0 Å². The highest BCUT2D eigenvalue weighted by molar-refractivity contribution is 7.89. The van der Waals surface area contributed by atoms with E-state index in [4.69, 9.17) is 0 Å². The molecule has 0 fully saturated rings. The Morgan fingerprint density at radius 3 is 2.38 bits per heavy atom. The molecule has 110 valence electrons. The zero-order valence-electron chi connectivity index (χ0n) is 11.2. The smallest absolute Gasteiger partial charge is 0.278 e. The van der Waals surface area contributed by atoms with E-state index in [1.54, 1.807) is 18.2 Å². The third-order valence-corrected chi connectivity index (χ3v) is 4.45. The number of para-hydroxylation sites is 1. The molecule has 0 spiro atoms. The van der Waals surface area contributed by atoms with Crippen molar-refractivity contribution in [2.45, 2.75) is 4.90 Å². The van der Waals surface area contributed by atoms with Crippen LogP contribution < -0.4 is 0 Å². The van der Waals surface area contributed by atoms with Gasteiger partial charge in [0.2, 0.25) is 0 Å². The lowest BCUT2D eigenvalue weighted by atomic mass is 10.2. The van der Waals surface area contributed by atoms with E-state index in [0.29, 0.717) is 0 Å². The Balaban J connectivity index is 2.27. The topological polar surface area (TPSA) is 90.2 Å². The summed E-state index contributed by atoms with van der Waals surface area (Å²) in [4.78, 5) is 0.116. The number of hydrazone groups is 1. The third kappa shape index (κ3) is 3.14. The predicted molar refractivity (Wildman–Crippen MR) is 78.8 cm³/mol. The molecular weight excluding hydrogens is 292 g/mol. The number of hydrogen-bond acceptors (Lipinski definition) is 5. The van der Waals surface area contributed by atoms with Crippen molar-refractivity contribution in [3.63, 3.8) is 0 Å². The molecule has 0 saturated heterocycles. The molecule has 2 aromatic carbocycles. The second kappa shape index (κ2) is 5.84. The first-order chi connectivity index (χ1) is 9.93. The molecule has 0 aliphatic rings. The van der Waals surface area contributed by atoms with Crippen LogP contribution in [0.1, 0.15) is 5.56 Å². The van der Waals surface area contributed by atoms with Crippen LogP contribution >= 0.6 is 0 Å². The zero-order valence-corrected chi connectivity index (χ0v) is 12.0. The van der Waals surface area contributed by atoms with Gasteiger partial charge in [0.1, 0.15) is 0 Å². The molecule has 0 amide bonds. The Morgan fingerprint density at radius 2 is 1.71 bits per heavy atom. The van der Waals surface area contributed by atoms with Crippen LogP contribution in [-0.2, 0) is 10.0 Å². The number of sulfonamides is 1. The fraction of sp³-hybridized carbons (Fsp3) is 0.0714. The second-order valence-corrected chi connectivity index (χ2v) is 6.16. The van der Waals surface area contributed by atoms with Crippen molar-refractivity contribution in [2.24, 2.45) is 5.10 Å². The van der Waals surface area contributed by atoms with Crippen LogP contribution in [0.15, 0.2) is 58.5 Å². The highest BCUT2D eigenvalue weighted by atomic mass is 32.2. The van der Waals surface area contributed by atoms with Gasteiger partial charge >= 0.3 is 0 Å². The minimum absolute atomic E-state index is 0.116. The number of nitrogens with zero attached hydrogens (tertiary/aromatic N) is 2. The molecule has 7 heteroatoms. The molecule has 0 bridgehead atoms. The van der Waals surface area contributed by atoms with Crippen molar-refractivity contribution < 1.29 is 18.6 Å². The lowest BCUT2D eigenvalue weighted by Gasteiger charge is -2.13. The molecule has 0 saturated carbocycles. The molecule has 2 N–H and O–H groups in total. The van der Waals surface area contributed by atoms with Crippen molar-refractivity contribution in [3.8, 4) is 11.5 Å². The van der Waals surface area contributed by atoms with E-state index in [-0.39, 0.29) is 22.0 Å². The van der Waals surface area contributed by atoms with E-state index in [1.165, 1.54) is 37.4 Å². The maximum Gasteiger partial charge on any atom is 0.278 e. The summed E-state index contributed by atoms with van der Waals surface area (Å²) in [5, 5.41) is 22.8. The quantitative estimate of drug-likeness (QED) is 0.511. The lowest BCUT2D eigenvalue weighted by Crippen LogP contribution is -2.21. The monoisotopic (exact) mass is 306 g/mol. The normalized spacial score (nSPS) is 11.7. The van der Waals surface area contributed by atoms with Gasteiger partial charge in [0, 0.05) is 12.6 Å². The highest BCUT2D eigenvalue weighted by Gasteiger charge is 2.18. The van der Waals surface area contributed by atoms with Crippen LogP contribution in [-0.4, -0.2) is 36.3 Å². The van der Waals surface area contributed by atoms with Gasteiger partial charge in [-0.15, -0.1) is 0 Å². The van der Waals surface area contributed by atoms with Crippen LogP contribution in [0.5, 0.6) is 11.5 Å². The maximum absolute atomic E-state index is 12.2. The Hall–Kier alpha value is -2.54. The SMILES string of the molecule is CN(N=Cc1cccc(O)c1O)S(=O)(=O)c1ccccc1. The minimum atomic E-state index is -3.74. The van der Waals surface area contributed by atoms with Crippen molar-refractivity contribution in [1.82, 2.24) is 4.41 Å². The van der Waals surface area contributed by atoms with Crippen molar-refractivity contribution in [3.05, 3.63) is 54.1 Å². The van der Waals surface area contributed by atoms with Gasteiger partial charge in [0.05, 0.1) is 11.1 Å². The average molecular weight is 306 g/mol. The van der Waals surface area contributed by atoms with Crippen LogP contribution in [0.2, 0.25) is 0 Å². The number of benzene rings is 2. The molecule has 0 heterocycles. The van der Waals surface area contributed by atoms with E-state index >= 15 is 0 Å². The van der Waals surface area contributed by atoms with Gasteiger partial charge in [-0.25, -0.2) is 0 Å². The lowest BCUT2D eigenvalue weighted by molar-refractivity contribution is 0.403. The van der Waals surface area contributed by atoms with Crippen LogP contribution in [0.4, 0.5) is 0 Å². The molecule has 2 aromatic rings. The first-order valence-electron chi connectivity index (χ1n) is 6.02. The summed E-state index contributed by atoms with van der Waals surface area (Å²) in [5.41, 5.74) is 0.213. The molecular formula is C14H14N2O4S. The summed E-state index contributed by atoms with van der Waals surface area (Å²) >= 11 is 0. The molecule has 0 aliphatic heterocycles. The Kier molecular flexibility index (Phi) is 4.13. The molecule has 6 nitrogen and oxygen atoms in total. The summed E-state index contributed by atoms with van der Waals surface area (Å²) < 4.78 is 25.2. The van der Waals surface area contributed by atoms with Gasteiger partial charge in [-0.1, -0.05) is 24.3 Å². The summed E-state index contributed by atoms with van der Waals surface area (Å²) in [6.45, 7) is 0. The molecule has 2 rings (SSSR count). The van der Waals surface area contributed by atoms with E-state index in [0.717, 1.165) is 10.6 Å². The minimum Gasteiger partial charge on any atom is -0.504 e. The van der Waals surface area contributed by atoms with E-state index in [2.05, 4.69) is 5.10 Å². The largest absolute Gasteiger partial charge is 0.504 e. The molecule has 0 aromatic heterocycles. The van der Waals surface area contributed by atoms with E-state index in [9.17, 15) is 18.6 Å². The molecule has 0 aliphatic carbocycles. The van der Waals surface area contributed by atoms with Gasteiger partial charge < -0.3 is 10.2 Å².